The van der Waals surface area contributed by atoms with E-state index in [1.54, 1.807) is 37.3 Å². The molecule has 2 aliphatic heterocycles. The Morgan fingerprint density at radius 1 is 0.867 bits per heavy atom. The van der Waals surface area contributed by atoms with Gasteiger partial charge in [-0.05, 0) is 42.7 Å². The van der Waals surface area contributed by atoms with Crippen LogP contribution in [-0.2, 0) is 9.59 Å². The summed E-state index contributed by atoms with van der Waals surface area (Å²) in [5, 5.41) is 0.452. The highest BCUT2D eigenvalue weighted by atomic mass is 35.5. The molecule has 7 nitrogen and oxygen atoms in total. The molecule has 0 radical (unpaired) electrons. The summed E-state index contributed by atoms with van der Waals surface area (Å²) in [4.78, 5) is 29.3. The summed E-state index contributed by atoms with van der Waals surface area (Å²) in [5.41, 5.74) is 1.53. The maximum atomic E-state index is 13.1. The van der Waals surface area contributed by atoms with E-state index >= 15 is 0 Å². The van der Waals surface area contributed by atoms with Crippen LogP contribution in [-0.4, -0.2) is 50.6 Å². The number of carbonyl (C=O) groups is 2. The van der Waals surface area contributed by atoms with Crippen molar-refractivity contribution in [3.8, 4) is 17.2 Å². The summed E-state index contributed by atoms with van der Waals surface area (Å²) >= 11 is 6.10. The molecule has 2 saturated heterocycles. The summed E-state index contributed by atoms with van der Waals surface area (Å²) in [6.45, 7) is 0.430. The quantitative estimate of drug-likeness (QED) is 0.680. The van der Waals surface area contributed by atoms with Crippen molar-refractivity contribution in [1.29, 1.82) is 0 Å². The molecule has 2 aromatic carbocycles. The van der Waals surface area contributed by atoms with Crippen molar-refractivity contribution in [1.82, 2.24) is 4.90 Å². The first kappa shape index (κ1) is 20.3. The van der Waals surface area contributed by atoms with Gasteiger partial charge in [0.25, 0.3) is 0 Å². The maximum absolute atomic E-state index is 13.1. The van der Waals surface area contributed by atoms with Crippen LogP contribution in [0.1, 0.15) is 24.4 Å². The molecule has 8 heteroatoms. The first-order chi connectivity index (χ1) is 14.5. The summed E-state index contributed by atoms with van der Waals surface area (Å²) < 4.78 is 16.0. The van der Waals surface area contributed by atoms with E-state index in [9.17, 15) is 9.59 Å². The van der Waals surface area contributed by atoms with Crippen molar-refractivity contribution in [2.75, 3.05) is 32.8 Å². The van der Waals surface area contributed by atoms with E-state index in [1.807, 2.05) is 18.2 Å². The molecule has 0 aromatic heterocycles. The number of anilines is 1. The van der Waals surface area contributed by atoms with Crippen molar-refractivity contribution in [3.05, 3.63) is 47.0 Å². The first-order valence-electron chi connectivity index (χ1n) is 9.68. The zero-order valence-corrected chi connectivity index (χ0v) is 17.8. The smallest absolute Gasteiger partial charge is 0.316 e. The molecule has 158 valence electrons. The fourth-order valence-corrected chi connectivity index (χ4v) is 4.51. The summed E-state index contributed by atoms with van der Waals surface area (Å²) in [7, 11) is 4.67. The van der Waals surface area contributed by atoms with Gasteiger partial charge in [-0.1, -0.05) is 17.7 Å². The molecule has 0 saturated carbocycles. The molecular formula is C22H23ClN2O5. The van der Waals surface area contributed by atoms with Crippen LogP contribution in [0.3, 0.4) is 0 Å². The minimum atomic E-state index is -0.553. The number of carbonyl (C=O) groups excluding carboxylic acids is 2. The molecule has 2 amide bonds. The molecule has 2 aliphatic rings. The van der Waals surface area contributed by atoms with E-state index in [2.05, 4.69) is 0 Å². The Balaban J connectivity index is 1.62. The molecule has 0 aliphatic carbocycles. The van der Waals surface area contributed by atoms with Crippen LogP contribution < -0.4 is 19.1 Å². The van der Waals surface area contributed by atoms with Gasteiger partial charge < -0.3 is 24.0 Å². The molecule has 0 unspecified atom stereocenters. The lowest BCUT2D eigenvalue weighted by atomic mass is 10.0. The molecule has 2 heterocycles. The zero-order valence-electron chi connectivity index (χ0n) is 17.1. The summed E-state index contributed by atoms with van der Waals surface area (Å²) in [6.07, 6.45) is 1.58. The largest absolute Gasteiger partial charge is 0.495 e. The van der Waals surface area contributed by atoms with Crippen molar-refractivity contribution < 1.29 is 23.8 Å². The van der Waals surface area contributed by atoms with Crippen molar-refractivity contribution in [3.63, 3.8) is 0 Å². The Morgan fingerprint density at radius 2 is 1.60 bits per heavy atom. The second kappa shape index (κ2) is 8.07. The Morgan fingerprint density at radius 3 is 2.30 bits per heavy atom. The van der Waals surface area contributed by atoms with E-state index in [1.165, 1.54) is 12.0 Å². The maximum Gasteiger partial charge on any atom is 0.316 e. The minimum Gasteiger partial charge on any atom is -0.495 e. The molecule has 0 bridgehead atoms. The van der Waals surface area contributed by atoms with Crippen LogP contribution >= 0.6 is 11.6 Å². The van der Waals surface area contributed by atoms with Crippen LogP contribution in [0.25, 0.3) is 0 Å². The fourth-order valence-electron chi connectivity index (χ4n) is 4.32. The Bertz CT molecular complexity index is 995. The van der Waals surface area contributed by atoms with Crippen LogP contribution in [0.5, 0.6) is 17.2 Å². The number of hydrogen-bond acceptors (Lipinski definition) is 5. The number of methoxy groups -OCH3 is 3. The molecule has 4 rings (SSSR count). The molecule has 0 spiro atoms. The third-order valence-corrected chi connectivity index (χ3v) is 6.11. The summed E-state index contributed by atoms with van der Waals surface area (Å²) in [5.74, 6) is 0.635. The number of halogens is 1. The molecule has 0 N–H and O–H groups in total. The van der Waals surface area contributed by atoms with E-state index in [0.29, 0.717) is 34.5 Å². The Hall–Kier alpha value is -2.93. The van der Waals surface area contributed by atoms with Gasteiger partial charge in [0.05, 0.1) is 38.4 Å². The first-order valence-corrected chi connectivity index (χ1v) is 10.1. The van der Waals surface area contributed by atoms with Crippen molar-refractivity contribution in [2.24, 2.45) is 0 Å². The predicted octanol–water partition coefficient (Wildman–Crippen LogP) is 3.44. The molecule has 30 heavy (non-hydrogen) atoms. The van der Waals surface area contributed by atoms with Crippen LogP contribution in [0.15, 0.2) is 36.4 Å². The average molecular weight is 431 g/mol. The van der Waals surface area contributed by atoms with Gasteiger partial charge >= 0.3 is 11.8 Å². The van der Waals surface area contributed by atoms with Gasteiger partial charge in [0.1, 0.15) is 5.75 Å². The van der Waals surface area contributed by atoms with E-state index in [0.717, 1.165) is 18.4 Å². The highest BCUT2D eigenvalue weighted by molar-refractivity contribution is 6.41. The van der Waals surface area contributed by atoms with E-state index in [4.69, 9.17) is 25.8 Å². The number of benzene rings is 2. The third kappa shape index (κ3) is 3.33. The average Bonchev–Trinajstić information content (AvgIpc) is 3.20. The second-order valence-electron chi connectivity index (χ2n) is 7.31. The number of nitrogens with zero attached hydrogens (tertiary/aromatic N) is 2. The molecule has 2 atom stereocenters. The monoisotopic (exact) mass is 430 g/mol. The number of ether oxygens (including phenoxy) is 3. The highest BCUT2D eigenvalue weighted by Crippen LogP contribution is 2.42. The van der Waals surface area contributed by atoms with Gasteiger partial charge in [-0.15, -0.1) is 0 Å². The third-order valence-electron chi connectivity index (χ3n) is 5.80. The van der Waals surface area contributed by atoms with Gasteiger partial charge in [-0.3, -0.25) is 9.59 Å². The topological polar surface area (TPSA) is 68.3 Å². The predicted molar refractivity (Wildman–Crippen MR) is 113 cm³/mol. The van der Waals surface area contributed by atoms with Gasteiger partial charge in [-0.2, -0.15) is 0 Å². The normalized spacial score (nSPS) is 20.9. The lowest BCUT2D eigenvalue weighted by Crippen LogP contribution is -2.58. The minimum absolute atomic E-state index is 0.0602. The number of piperazine rings is 1. The Labute approximate surface area is 180 Å². The zero-order chi connectivity index (χ0) is 21.4. The van der Waals surface area contributed by atoms with Gasteiger partial charge in [0, 0.05) is 18.3 Å². The molecular weight excluding hydrogens is 408 g/mol. The van der Waals surface area contributed by atoms with Gasteiger partial charge in [-0.25, -0.2) is 0 Å². The SMILES string of the molecule is COc1cc(N2C[C@@H]3CC[C@@H](c4ccc(OC)c(OC)c4)N3C(=O)C2=O)ccc1Cl. The molecule has 2 aromatic rings. The number of hydrogen-bond donors (Lipinski definition) is 0. The standard InChI is InChI=1S/C22H23ClN2O5/c1-28-18-9-4-13(10-20(18)30-3)17-8-6-15-12-24(21(26)22(27)25(15)17)14-5-7-16(23)19(11-14)29-2/h4-5,7,9-11,15,17H,6,8,12H2,1-3H3/t15-,17-/m0/s1. The van der Waals surface area contributed by atoms with Crippen LogP contribution in [0.2, 0.25) is 5.02 Å². The van der Waals surface area contributed by atoms with Crippen molar-refractivity contribution in [2.45, 2.75) is 24.9 Å². The van der Waals surface area contributed by atoms with E-state index < -0.39 is 11.8 Å². The Kier molecular flexibility index (Phi) is 5.47. The number of amides is 2. The fraction of sp³-hybridized carbons (Fsp3) is 0.364. The van der Waals surface area contributed by atoms with E-state index in [-0.39, 0.29) is 12.1 Å². The van der Waals surface area contributed by atoms with Gasteiger partial charge in [0.2, 0.25) is 0 Å². The molecule has 2 fully saturated rings. The second-order valence-corrected chi connectivity index (χ2v) is 7.72. The number of fused-ring (bicyclic) bond motifs is 1. The van der Waals surface area contributed by atoms with Crippen molar-refractivity contribution >= 4 is 29.1 Å². The lowest BCUT2D eigenvalue weighted by molar-refractivity contribution is -0.148. The number of rotatable bonds is 5. The van der Waals surface area contributed by atoms with Crippen LogP contribution in [0.4, 0.5) is 5.69 Å². The van der Waals surface area contributed by atoms with Crippen LogP contribution in [0, 0.1) is 0 Å². The van der Waals surface area contributed by atoms with Gasteiger partial charge in [0.15, 0.2) is 11.5 Å². The summed E-state index contributed by atoms with van der Waals surface area (Å²) in [6, 6.07) is 10.5. The lowest BCUT2D eigenvalue weighted by Gasteiger charge is -2.39. The highest BCUT2D eigenvalue weighted by Gasteiger charge is 2.47.